The second-order valence-corrected chi connectivity index (χ2v) is 8.64. The zero-order chi connectivity index (χ0) is 17.5. The molecule has 1 heterocycles. The number of piperidine rings is 1. The molecular weight excluding hydrogens is 329 g/mol. The van der Waals surface area contributed by atoms with Crippen molar-refractivity contribution in [3.63, 3.8) is 0 Å². The summed E-state index contributed by atoms with van der Waals surface area (Å²) in [5.41, 5.74) is 4.92. The van der Waals surface area contributed by atoms with Gasteiger partial charge in [-0.2, -0.15) is 13.2 Å². The molecule has 0 aromatic heterocycles. The predicted octanol–water partition coefficient (Wildman–Crippen LogP) is 2.59. The average Bonchev–Trinajstić information content (AvgIpc) is 2.40. The monoisotopic (exact) mass is 350 g/mol. The predicted molar refractivity (Wildman–Crippen MR) is 82.0 cm³/mol. The fraction of sp³-hybridized carbons (Fsp3) is 0.600. The molecule has 0 amide bonds. The molecule has 4 nitrogen and oxygen atoms in total. The third-order valence-electron chi connectivity index (χ3n) is 4.27. The Morgan fingerprint density at radius 2 is 2.00 bits per heavy atom. The van der Waals surface area contributed by atoms with E-state index >= 15 is 0 Å². The Morgan fingerprint density at radius 3 is 2.57 bits per heavy atom. The second kappa shape index (κ2) is 6.07. The van der Waals surface area contributed by atoms with Crippen LogP contribution >= 0.6 is 0 Å². The van der Waals surface area contributed by atoms with Crippen molar-refractivity contribution in [2.24, 2.45) is 11.1 Å². The van der Waals surface area contributed by atoms with Crippen LogP contribution in [-0.4, -0.2) is 31.9 Å². The molecule has 0 spiro atoms. The molecule has 0 bridgehead atoms. The van der Waals surface area contributed by atoms with Crippen molar-refractivity contribution in [1.82, 2.24) is 4.31 Å². The van der Waals surface area contributed by atoms with Crippen LogP contribution in [0, 0.1) is 5.41 Å². The summed E-state index contributed by atoms with van der Waals surface area (Å²) in [5.74, 6) is -0.442. The number of hydrogen-bond acceptors (Lipinski definition) is 3. The highest BCUT2D eigenvalue weighted by Crippen LogP contribution is 2.32. The molecule has 0 radical (unpaired) electrons. The Labute approximate surface area is 134 Å². The molecule has 1 unspecified atom stereocenters. The normalized spacial score (nSPS) is 23.0. The van der Waals surface area contributed by atoms with Gasteiger partial charge in [0.25, 0.3) is 0 Å². The molecule has 0 aliphatic carbocycles. The van der Waals surface area contributed by atoms with Crippen molar-refractivity contribution in [1.29, 1.82) is 0 Å². The van der Waals surface area contributed by atoms with Gasteiger partial charge in [0.05, 0.1) is 11.3 Å². The first-order chi connectivity index (χ1) is 10.4. The third-order valence-corrected chi connectivity index (χ3v) is 6.07. The van der Waals surface area contributed by atoms with Crippen LogP contribution in [0.2, 0.25) is 0 Å². The van der Waals surface area contributed by atoms with Gasteiger partial charge in [-0.1, -0.05) is 32.0 Å². The lowest BCUT2D eigenvalue weighted by Crippen LogP contribution is -2.54. The highest BCUT2D eigenvalue weighted by molar-refractivity contribution is 7.88. The quantitative estimate of drug-likeness (QED) is 0.911. The van der Waals surface area contributed by atoms with Crippen LogP contribution < -0.4 is 5.73 Å². The van der Waals surface area contributed by atoms with Crippen LogP contribution in [0.1, 0.15) is 31.4 Å². The topological polar surface area (TPSA) is 63.4 Å². The van der Waals surface area contributed by atoms with Crippen LogP contribution in [0.25, 0.3) is 0 Å². The molecule has 1 atom stereocenters. The summed E-state index contributed by atoms with van der Waals surface area (Å²) in [5, 5.41) is 0. The number of alkyl halides is 3. The van der Waals surface area contributed by atoms with Gasteiger partial charge in [-0.3, -0.25) is 0 Å². The summed E-state index contributed by atoms with van der Waals surface area (Å²) in [7, 11) is -3.68. The molecule has 130 valence electrons. The minimum absolute atomic E-state index is 0.0949. The van der Waals surface area contributed by atoms with Crippen molar-refractivity contribution in [3.05, 3.63) is 35.4 Å². The smallest absolute Gasteiger partial charge is 0.327 e. The van der Waals surface area contributed by atoms with Gasteiger partial charge < -0.3 is 5.73 Å². The van der Waals surface area contributed by atoms with Crippen LogP contribution in [0.4, 0.5) is 13.2 Å². The van der Waals surface area contributed by atoms with E-state index in [0.717, 1.165) is 12.1 Å². The van der Waals surface area contributed by atoms with Crippen molar-refractivity contribution in [3.8, 4) is 0 Å². The first-order valence-corrected chi connectivity index (χ1v) is 8.92. The van der Waals surface area contributed by atoms with Gasteiger partial charge in [-0.25, -0.2) is 12.7 Å². The Balaban J connectivity index is 2.19. The SMILES string of the molecule is CC1(C)CN(S(=O)(=O)Cc2cccc(C(F)(F)F)c2)CCC1N. The lowest BCUT2D eigenvalue weighted by atomic mass is 9.81. The fourth-order valence-electron chi connectivity index (χ4n) is 2.70. The van der Waals surface area contributed by atoms with E-state index < -0.39 is 27.5 Å². The van der Waals surface area contributed by atoms with Crippen LogP contribution in [-0.2, 0) is 22.0 Å². The summed E-state index contributed by atoms with van der Waals surface area (Å²) in [6, 6.07) is 4.34. The zero-order valence-corrected chi connectivity index (χ0v) is 13.9. The number of nitrogens with zero attached hydrogens (tertiary/aromatic N) is 1. The zero-order valence-electron chi connectivity index (χ0n) is 13.1. The van der Waals surface area contributed by atoms with Crippen molar-refractivity contribution in [2.45, 2.75) is 38.2 Å². The standard InChI is InChI=1S/C15H21F3N2O2S/c1-14(2)10-20(7-6-13(14)19)23(21,22)9-11-4-3-5-12(8-11)15(16,17)18/h3-5,8,13H,6-7,9-10,19H2,1-2H3. The van der Waals surface area contributed by atoms with E-state index in [2.05, 4.69) is 0 Å². The highest BCUT2D eigenvalue weighted by atomic mass is 32.2. The van der Waals surface area contributed by atoms with Crippen LogP contribution in [0.5, 0.6) is 0 Å². The molecule has 8 heteroatoms. The van der Waals surface area contributed by atoms with E-state index in [0.29, 0.717) is 13.0 Å². The van der Waals surface area contributed by atoms with Crippen molar-refractivity contribution >= 4 is 10.0 Å². The minimum atomic E-state index is -4.49. The van der Waals surface area contributed by atoms with Gasteiger partial charge in [-0.05, 0) is 23.5 Å². The molecular formula is C15H21F3N2O2S. The van der Waals surface area contributed by atoms with E-state index in [1.807, 2.05) is 13.8 Å². The molecule has 2 rings (SSSR count). The van der Waals surface area contributed by atoms with Crippen molar-refractivity contribution in [2.75, 3.05) is 13.1 Å². The maximum absolute atomic E-state index is 12.7. The van der Waals surface area contributed by atoms with Gasteiger partial charge in [0, 0.05) is 19.1 Å². The summed E-state index contributed by atoms with van der Waals surface area (Å²) < 4.78 is 64.5. The van der Waals surface area contributed by atoms with Crippen molar-refractivity contribution < 1.29 is 21.6 Å². The largest absolute Gasteiger partial charge is 0.416 e. The van der Waals surface area contributed by atoms with E-state index in [4.69, 9.17) is 5.73 Å². The minimum Gasteiger partial charge on any atom is -0.327 e. The number of sulfonamides is 1. The summed E-state index contributed by atoms with van der Waals surface area (Å²) in [6.45, 7) is 4.36. The van der Waals surface area contributed by atoms with E-state index in [9.17, 15) is 21.6 Å². The third kappa shape index (κ3) is 4.24. The molecule has 23 heavy (non-hydrogen) atoms. The first-order valence-electron chi connectivity index (χ1n) is 7.31. The Bertz CT molecular complexity index is 672. The number of hydrogen-bond donors (Lipinski definition) is 1. The van der Waals surface area contributed by atoms with Gasteiger partial charge in [0.2, 0.25) is 10.0 Å². The van der Waals surface area contributed by atoms with Gasteiger partial charge in [0.15, 0.2) is 0 Å². The van der Waals surface area contributed by atoms with Gasteiger partial charge >= 0.3 is 6.18 Å². The Hall–Kier alpha value is -1.12. The van der Waals surface area contributed by atoms with Gasteiger partial charge in [0.1, 0.15) is 0 Å². The maximum Gasteiger partial charge on any atom is 0.416 e. The second-order valence-electron chi connectivity index (χ2n) is 6.67. The number of rotatable bonds is 3. The van der Waals surface area contributed by atoms with Crippen LogP contribution in [0.15, 0.2) is 24.3 Å². The molecule has 1 aromatic carbocycles. The molecule has 1 aromatic rings. The maximum atomic E-state index is 12.7. The first kappa shape index (κ1) is 18.2. The van der Waals surface area contributed by atoms with E-state index in [-0.39, 0.29) is 23.6 Å². The van der Waals surface area contributed by atoms with Crippen LogP contribution in [0.3, 0.4) is 0 Å². The lowest BCUT2D eigenvalue weighted by molar-refractivity contribution is -0.137. The number of nitrogens with two attached hydrogens (primary N) is 1. The molecule has 1 fully saturated rings. The fourth-order valence-corrected chi connectivity index (χ4v) is 4.40. The van der Waals surface area contributed by atoms with E-state index in [1.54, 1.807) is 0 Å². The highest BCUT2D eigenvalue weighted by Gasteiger charge is 2.38. The Morgan fingerprint density at radius 1 is 1.35 bits per heavy atom. The average molecular weight is 350 g/mol. The molecule has 1 saturated heterocycles. The summed E-state index contributed by atoms with van der Waals surface area (Å²) in [6.07, 6.45) is -3.95. The molecule has 1 aliphatic rings. The number of halogens is 3. The molecule has 1 aliphatic heterocycles. The molecule has 0 saturated carbocycles. The van der Waals surface area contributed by atoms with E-state index in [1.165, 1.54) is 16.4 Å². The summed E-state index contributed by atoms with van der Waals surface area (Å²) >= 11 is 0. The molecule has 2 N–H and O–H groups in total. The Kier molecular flexibility index (Phi) is 4.81. The lowest BCUT2D eigenvalue weighted by Gasteiger charge is -2.41. The summed E-state index contributed by atoms with van der Waals surface area (Å²) in [4.78, 5) is 0. The van der Waals surface area contributed by atoms with Gasteiger partial charge in [-0.15, -0.1) is 0 Å². The number of benzene rings is 1.